The van der Waals surface area contributed by atoms with Gasteiger partial charge in [-0.05, 0) is 46.3 Å². The van der Waals surface area contributed by atoms with Crippen LogP contribution in [0, 0.1) is 5.82 Å². The Kier molecular flexibility index (Phi) is 4.92. The normalized spacial score (nSPS) is 12.9. The average molecular weight is 279 g/mol. The highest BCUT2D eigenvalue weighted by Gasteiger charge is 2.06. The SMILES string of the molecule is CSCC(O)Cc1ccc(F)c(Br)c1. The molecule has 0 saturated carbocycles. The van der Waals surface area contributed by atoms with Gasteiger partial charge < -0.3 is 5.11 Å². The quantitative estimate of drug-likeness (QED) is 0.914. The van der Waals surface area contributed by atoms with Gasteiger partial charge in [-0.2, -0.15) is 11.8 Å². The summed E-state index contributed by atoms with van der Waals surface area (Å²) in [4.78, 5) is 0. The highest BCUT2D eigenvalue weighted by molar-refractivity contribution is 9.10. The van der Waals surface area contributed by atoms with Crippen LogP contribution in [0.4, 0.5) is 4.39 Å². The van der Waals surface area contributed by atoms with Crippen molar-refractivity contribution in [2.24, 2.45) is 0 Å². The fourth-order valence-electron chi connectivity index (χ4n) is 1.19. The molecule has 4 heteroatoms. The summed E-state index contributed by atoms with van der Waals surface area (Å²) in [5.41, 5.74) is 0.944. The van der Waals surface area contributed by atoms with Crippen LogP contribution in [-0.4, -0.2) is 23.2 Å². The Labute approximate surface area is 95.8 Å². The number of rotatable bonds is 4. The van der Waals surface area contributed by atoms with Gasteiger partial charge in [-0.25, -0.2) is 4.39 Å². The molecular formula is C10H12BrFOS. The van der Waals surface area contributed by atoms with Gasteiger partial charge in [0, 0.05) is 5.75 Å². The third-order valence-electron chi connectivity index (χ3n) is 1.81. The summed E-state index contributed by atoms with van der Waals surface area (Å²) in [7, 11) is 0. The molecule has 14 heavy (non-hydrogen) atoms. The van der Waals surface area contributed by atoms with Crippen LogP contribution in [0.25, 0.3) is 0 Å². The standard InChI is InChI=1S/C10H12BrFOS/c1-14-6-8(13)4-7-2-3-10(12)9(11)5-7/h2-3,5,8,13H,4,6H2,1H3. The van der Waals surface area contributed by atoms with Crippen molar-refractivity contribution in [1.82, 2.24) is 0 Å². The van der Waals surface area contributed by atoms with E-state index in [1.807, 2.05) is 6.26 Å². The molecule has 0 aliphatic rings. The summed E-state index contributed by atoms with van der Waals surface area (Å²) in [5.74, 6) is 0.433. The van der Waals surface area contributed by atoms with E-state index in [-0.39, 0.29) is 11.9 Å². The van der Waals surface area contributed by atoms with E-state index < -0.39 is 0 Å². The Hall–Kier alpha value is -0.0600. The van der Waals surface area contributed by atoms with Crippen molar-refractivity contribution in [2.75, 3.05) is 12.0 Å². The summed E-state index contributed by atoms with van der Waals surface area (Å²) in [6.45, 7) is 0. The highest BCUT2D eigenvalue weighted by Crippen LogP contribution is 2.18. The molecule has 1 aromatic carbocycles. The lowest BCUT2D eigenvalue weighted by molar-refractivity contribution is 0.200. The molecule has 78 valence electrons. The van der Waals surface area contributed by atoms with Crippen molar-refractivity contribution in [1.29, 1.82) is 0 Å². The predicted octanol–water partition coefficient (Wildman–Crippen LogP) is 2.85. The lowest BCUT2D eigenvalue weighted by Crippen LogP contribution is -2.13. The summed E-state index contributed by atoms with van der Waals surface area (Å²) in [6.07, 6.45) is 2.16. The van der Waals surface area contributed by atoms with E-state index in [0.717, 1.165) is 5.56 Å². The molecule has 0 aliphatic carbocycles. The first kappa shape index (κ1) is 12.0. The fraction of sp³-hybridized carbons (Fsp3) is 0.400. The van der Waals surface area contributed by atoms with Gasteiger partial charge in [-0.15, -0.1) is 0 Å². The van der Waals surface area contributed by atoms with E-state index in [4.69, 9.17) is 0 Å². The van der Waals surface area contributed by atoms with Crippen molar-refractivity contribution in [3.05, 3.63) is 34.1 Å². The Bertz CT molecular complexity index is 306. The predicted molar refractivity (Wildman–Crippen MR) is 62.2 cm³/mol. The van der Waals surface area contributed by atoms with Crippen LogP contribution >= 0.6 is 27.7 Å². The van der Waals surface area contributed by atoms with Crippen LogP contribution < -0.4 is 0 Å². The zero-order chi connectivity index (χ0) is 10.6. The Morgan fingerprint density at radius 1 is 1.57 bits per heavy atom. The first-order chi connectivity index (χ1) is 6.63. The number of hydrogen-bond acceptors (Lipinski definition) is 2. The fourth-order valence-corrected chi connectivity index (χ4v) is 2.12. The molecule has 1 unspecified atom stereocenters. The third kappa shape index (κ3) is 3.59. The van der Waals surface area contributed by atoms with E-state index >= 15 is 0 Å². The summed E-state index contributed by atoms with van der Waals surface area (Å²) >= 11 is 4.71. The minimum absolute atomic E-state index is 0.270. The summed E-state index contributed by atoms with van der Waals surface area (Å²) < 4.78 is 13.3. The molecule has 1 aromatic rings. The molecule has 0 amide bonds. The zero-order valence-electron chi connectivity index (χ0n) is 7.84. The van der Waals surface area contributed by atoms with Crippen LogP contribution in [0.3, 0.4) is 0 Å². The van der Waals surface area contributed by atoms with Gasteiger partial charge in [-0.1, -0.05) is 6.07 Å². The van der Waals surface area contributed by atoms with E-state index in [2.05, 4.69) is 15.9 Å². The van der Waals surface area contributed by atoms with Crippen LogP contribution in [0.1, 0.15) is 5.56 Å². The molecule has 1 rings (SSSR count). The number of aliphatic hydroxyl groups excluding tert-OH is 1. The van der Waals surface area contributed by atoms with E-state index in [0.29, 0.717) is 16.6 Å². The third-order valence-corrected chi connectivity index (χ3v) is 3.14. The van der Waals surface area contributed by atoms with Crippen molar-refractivity contribution < 1.29 is 9.50 Å². The second-order valence-corrected chi connectivity index (χ2v) is 4.83. The second kappa shape index (κ2) is 5.73. The lowest BCUT2D eigenvalue weighted by Gasteiger charge is -2.09. The smallest absolute Gasteiger partial charge is 0.137 e. The number of thioether (sulfide) groups is 1. The van der Waals surface area contributed by atoms with E-state index in [1.165, 1.54) is 6.07 Å². The van der Waals surface area contributed by atoms with Gasteiger partial charge in [0.1, 0.15) is 5.82 Å². The molecular weight excluding hydrogens is 267 g/mol. The molecule has 0 aromatic heterocycles. The van der Waals surface area contributed by atoms with Crippen LogP contribution in [0.15, 0.2) is 22.7 Å². The second-order valence-electron chi connectivity index (χ2n) is 3.06. The summed E-state index contributed by atoms with van der Waals surface area (Å²) in [6, 6.07) is 4.81. The highest BCUT2D eigenvalue weighted by atomic mass is 79.9. The van der Waals surface area contributed by atoms with Crippen LogP contribution in [0.2, 0.25) is 0 Å². The largest absolute Gasteiger partial charge is 0.392 e. The molecule has 1 atom stereocenters. The van der Waals surface area contributed by atoms with E-state index in [9.17, 15) is 9.50 Å². The Morgan fingerprint density at radius 2 is 2.29 bits per heavy atom. The number of hydrogen-bond donors (Lipinski definition) is 1. The molecule has 1 nitrogen and oxygen atoms in total. The zero-order valence-corrected chi connectivity index (χ0v) is 10.2. The molecule has 0 spiro atoms. The monoisotopic (exact) mass is 278 g/mol. The van der Waals surface area contributed by atoms with Gasteiger partial charge in [0.2, 0.25) is 0 Å². The topological polar surface area (TPSA) is 20.2 Å². The average Bonchev–Trinajstić information content (AvgIpc) is 2.12. The van der Waals surface area contributed by atoms with Crippen molar-refractivity contribution in [3.8, 4) is 0 Å². The minimum Gasteiger partial charge on any atom is -0.392 e. The Balaban J connectivity index is 2.63. The molecule has 0 aliphatic heterocycles. The minimum atomic E-state index is -0.359. The first-order valence-electron chi connectivity index (χ1n) is 4.24. The van der Waals surface area contributed by atoms with Crippen molar-refractivity contribution >= 4 is 27.7 Å². The van der Waals surface area contributed by atoms with Gasteiger partial charge in [0.25, 0.3) is 0 Å². The molecule has 0 radical (unpaired) electrons. The van der Waals surface area contributed by atoms with Crippen molar-refractivity contribution in [2.45, 2.75) is 12.5 Å². The summed E-state index contributed by atoms with van der Waals surface area (Å²) in [5, 5.41) is 9.53. The Morgan fingerprint density at radius 3 is 2.86 bits per heavy atom. The number of benzene rings is 1. The van der Waals surface area contributed by atoms with Crippen LogP contribution in [-0.2, 0) is 6.42 Å². The van der Waals surface area contributed by atoms with Gasteiger partial charge >= 0.3 is 0 Å². The maximum Gasteiger partial charge on any atom is 0.137 e. The first-order valence-corrected chi connectivity index (χ1v) is 6.43. The molecule has 0 heterocycles. The number of aliphatic hydroxyl groups is 1. The molecule has 0 saturated heterocycles. The maximum atomic E-state index is 12.9. The van der Waals surface area contributed by atoms with Gasteiger partial charge in [0.15, 0.2) is 0 Å². The number of halogens is 2. The van der Waals surface area contributed by atoms with Gasteiger partial charge in [-0.3, -0.25) is 0 Å². The lowest BCUT2D eigenvalue weighted by atomic mass is 10.1. The maximum absolute atomic E-state index is 12.9. The molecule has 1 N–H and O–H groups in total. The van der Waals surface area contributed by atoms with Crippen molar-refractivity contribution in [3.63, 3.8) is 0 Å². The molecule has 0 bridgehead atoms. The molecule has 0 fully saturated rings. The van der Waals surface area contributed by atoms with Gasteiger partial charge in [0.05, 0.1) is 10.6 Å². The van der Waals surface area contributed by atoms with Crippen LogP contribution in [0.5, 0.6) is 0 Å². The van der Waals surface area contributed by atoms with E-state index in [1.54, 1.807) is 23.9 Å².